The summed E-state index contributed by atoms with van der Waals surface area (Å²) in [5.41, 5.74) is 0.421. The summed E-state index contributed by atoms with van der Waals surface area (Å²) in [5, 5.41) is 0. The average molecular weight is 169 g/mol. The molecule has 2 nitrogen and oxygen atoms in total. The molecule has 2 fully saturated rings. The van der Waals surface area contributed by atoms with Crippen molar-refractivity contribution >= 4 is 0 Å². The molecule has 0 aromatic carbocycles. The number of piperidine rings is 1. The Balaban J connectivity index is 1.90. The van der Waals surface area contributed by atoms with E-state index in [-0.39, 0.29) is 0 Å². The molecule has 0 saturated carbocycles. The molecule has 0 amide bonds. The van der Waals surface area contributed by atoms with Gasteiger partial charge in [0.25, 0.3) is 0 Å². The number of hydrogen-bond donors (Lipinski definition) is 0. The number of rotatable bonds is 2. The van der Waals surface area contributed by atoms with Gasteiger partial charge in [0.2, 0.25) is 0 Å². The fourth-order valence-electron chi connectivity index (χ4n) is 2.08. The van der Waals surface area contributed by atoms with Gasteiger partial charge >= 0.3 is 0 Å². The van der Waals surface area contributed by atoms with E-state index in [2.05, 4.69) is 18.7 Å². The van der Waals surface area contributed by atoms with E-state index in [1.54, 1.807) is 0 Å². The van der Waals surface area contributed by atoms with Crippen LogP contribution in [0, 0.1) is 0 Å². The first kappa shape index (κ1) is 8.52. The molecule has 0 aromatic heterocycles. The lowest BCUT2D eigenvalue weighted by atomic mass is 9.90. The molecule has 2 aliphatic rings. The second-order valence-corrected chi connectivity index (χ2v) is 4.67. The predicted molar refractivity (Wildman–Crippen MR) is 49.2 cm³/mol. The van der Waals surface area contributed by atoms with E-state index < -0.39 is 0 Å². The molecule has 2 heteroatoms. The van der Waals surface area contributed by atoms with Crippen molar-refractivity contribution in [3.8, 4) is 0 Å². The standard InChI is InChI=1S/C10H19NO/c1-10(2)5-3-4-6-11(10)7-9-8-12-9/h9H,3-8H2,1-2H3. The maximum absolute atomic E-state index is 5.26. The van der Waals surface area contributed by atoms with Crippen LogP contribution in [-0.4, -0.2) is 36.2 Å². The highest BCUT2D eigenvalue weighted by molar-refractivity contribution is 4.88. The maximum atomic E-state index is 5.26. The molecule has 0 aromatic rings. The van der Waals surface area contributed by atoms with Crippen molar-refractivity contribution in [2.24, 2.45) is 0 Å². The van der Waals surface area contributed by atoms with Crippen molar-refractivity contribution in [2.75, 3.05) is 19.7 Å². The fraction of sp³-hybridized carbons (Fsp3) is 1.00. The maximum Gasteiger partial charge on any atom is 0.0936 e. The molecule has 0 aliphatic carbocycles. The third-order valence-corrected chi connectivity index (χ3v) is 3.15. The van der Waals surface area contributed by atoms with Crippen molar-refractivity contribution in [3.05, 3.63) is 0 Å². The third-order valence-electron chi connectivity index (χ3n) is 3.15. The largest absolute Gasteiger partial charge is 0.372 e. The lowest BCUT2D eigenvalue weighted by Crippen LogP contribution is -2.48. The molecule has 1 unspecified atom stereocenters. The van der Waals surface area contributed by atoms with Gasteiger partial charge in [-0.05, 0) is 33.2 Å². The Hall–Kier alpha value is -0.0800. The van der Waals surface area contributed by atoms with Crippen LogP contribution in [0.4, 0.5) is 0 Å². The molecule has 2 aliphatic heterocycles. The minimum Gasteiger partial charge on any atom is -0.372 e. The zero-order chi connectivity index (χ0) is 8.60. The van der Waals surface area contributed by atoms with Gasteiger partial charge in [0, 0.05) is 12.1 Å². The molecule has 1 atom stereocenters. The van der Waals surface area contributed by atoms with Crippen LogP contribution < -0.4 is 0 Å². The van der Waals surface area contributed by atoms with Gasteiger partial charge in [-0.15, -0.1) is 0 Å². The van der Waals surface area contributed by atoms with Gasteiger partial charge in [0.05, 0.1) is 12.7 Å². The molecule has 0 bridgehead atoms. The zero-order valence-corrected chi connectivity index (χ0v) is 8.18. The summed E-state index contributed by atoms with van der Waals surface area (Å²) in [6.45, 7) is 8.13. The smallest absolute Gasteiger partial charge is 0.0936 e. The first-order chi connectivity index (χ1) is 5.68. The molecule has 2 rings (SSSR count). The quantitative estimate of drug-likeness (QED) is 0.584. The molecule has 12 heavy (non-hydrogen) atoms. The van der Waals surface area contributed by atoms with Gasteiger partial charge in [-0.1, -0.05) is 6.42 Å². The van der Waals surface area contributed by atoms with E-state index in [0.717, 1.165) is 13.2 Å². The topological polar surface area (TPSA) is 15.8 Å². The molecule has 0 N–H and O–H groups in total. The molecule has 2 heterocycles. The molecular formula is C10H19NO. The van der Waals surface area contributed by atoms with Crippen molar-refractivity contribution in [1.29, 1.82) is 0 Å². The van der Waals surface area contributed by atoms with Crippen LogP contribution in [0.5, 0.6) is 0 Å². The number of nitrogens with zero attached hydrogens (tertiary/aromatic N) is 1. The predicted octanol–water partition coefficient (Wildman–Crippen LogP) is 1.65. The normalized spacial score (nSPS) is 35.0. The van der Waals surface area contributed by atoms with Crippen molar-refractivity contribution in [3.63, 3.8) is 0 Å². The van der Waals surface area contributed by atoms with Gasteiger partial charge in [-0.25, -0.2) is 0 Å². The summed E-state index contributed by atoms with van der Waals surface area (Å²) in [6.07, 6.45) is 4.67. The highest BCUT2D eigenvalue weighted by Crippen LogP contribution is 2.28. The highest BCUT2D eigenvalue weighted by Gasteiger charge is 2.34. The summed E-state index contributed by atoms with van der Waals surface area (Å²) in [5.74, 6) is 0. The summed E-state index contributed by atoms with van der Waals surface area (Å²) < 4.78 is 5.26. The van der Waals surface area contributed by atoms with E-state index in [1.807, 2.05) is 0 Å². The number of likely N-dealkylation sites (tertiary alicyclic amines) is 1. The van der Waals surface area contributed by atoms with Gasteiger partial charge in [0.15, 0.2) is 0 Å². The number of ether oxygens (including phenoxy) is 1. The second kappa shape index (κ2) is 3.00. The summed E-state index contributed by atoms with van der Waals surface area (Å²) >= 11 is 0. The Labute approximate surface area is 74.9 Å². The Bertz CT molecular complexity index is 163. The van der Waals surface area contributed by atoms with Crippen LogP contribution in [-0.2, 0) is 4.74 Å². The van der Waals surface area contributed by atoms with Crippen LogP contribution in [0.25, 0.3) is 0 Å². The van der Waals surface area contributed by atoms with E-state index in [1.165, 1.54) is 25.8 Å². The molecule has 0 radical (unpaired) electrons. The minimum absolute atomic E-state index is 0.421. The van der Waals surface area contributed by atoms with E-state index in [0.29, 0.717) is 11.6 Å². The van der Waals surface area contributed by atoms with Crippen molar-refractivity contribution in [2.45, 2.75) is 44.8 Å². The van der Waals surface area contributed by atoms with E-state index in [4.69, 9.17) is 4.74 Å². The first-order valence-electron chi connectivity index (χ1n) is 5.05. The third kappa shape index (κ3) is 1.80. The van der Waals surface area contributed by atoms with Crippen LogP contribution in [0.2, 0.25) is 0 Å². The van der Waals surface area contributed by atoms with Crippen LogP contribution in [0.3, 0.4) is 0 Å². The van der Waals surface area contributed by atoms with Crippen molar-refractivity contribution < 1.29 is 4.74 Å². The number of hydrogen-bond acceptors (Lipinski definition) is 2. The molecule has 70 valence electrons. The first-order valence-corrected chi connectivity index (χ1v) is 5.05. The Morgan fingerprint density at radius 1 is 1.42 bits per heavy atom. The highest BCUT2D eigenvalue weighted by atomic mass is 16.6. The summed E-state index contributed by atoms with van der Waals surface area (Å²) in [7, 11) is 0. The SMILES string of the molecule is CC1(C)CCCCN1CC1CO1. The van der Waals surface area contributed by atoms with Gasteiger partial charge < -0.3 is 4.74 Å². The van der Waals surface area contributed by atoms with Gasteiger partial charge in [-0.3, -0.25) is 4.90 Å². The zero-order valence-electron chi connectivity index (χ0n) is 8.18. The molecular weight excluding hydrogens is 150 g/mol. The lowest BCUT2D eigenvalue weighted by molar-refractivity contribution is 0.0694. The number of epoxide rings is 1. The molecule has 2 saturated heterocycles. The van der Waals surface area contributed by atoms with Crippen LogP contribution in [0.15, 0.2) is 0 Å². The van der Waals surface area contributed by atoms with Gasteiger partial charge in [-0.2, -0.15) is 0 Å². The van der Waals surface area contributed by atoms with Gasteiger partial charge in [0.1, 0.15) is 0 Å². The van der Waals surface area contributed by atoms with E-state index in [9.17, 15) is 0 Å². The van der Waals surface area contributed by atoms with Crippen LogP contribution in [0.1, 0.15) is 33.1 Å². The fourth-order valence-corrected chi connectivity index (χ4v) is 2.08. The molecule has 0 spiro atoms. The van der Waals surface area contributed by atoms with E-state index >= 15 is 0 Å². The van der Waals surface area contributed by atoms with Crippen molar-refractivity contribution in [1.82, 2.24) is 4.90 Å². The average Bonchev–Trinajstić information content (AvgIpc) is 2.77. The Morgan fingerprint density at radius 3 is 2.75 bits per heavy atom. The minimum atomic E-state index is 0.421. The monoisotopic (exact) mass is 169 g/mol. The Kier molecular flexibility index (Phi) is 2.13. The summed E-state index contributed by atoms with van der Waals surface area (Å²) in [4.78, 5) is 2.59. The Morgan fingerprint density at radius 2 is 2.17 bits per heavy atom. The lowest BCUT2D eigenvalue weighted by Gasteiger charge is -2.42. The summed E-state index contributed by atoms with van der Waals surface area (Å²) in [6, 6.07) is 0. The second-order valence-electron chi connectivity index (χ2n) is 4.67. The van der Waals surface area contributed by atoms with Crippen LogP contribution >= 0.6 is 0 Å².